The van der Waals surface area contributed by atoms with E-state index in [0.717, 1.165) is 11.4 Å². The molecule has 0 N–H and O–H groups in total. The van der Waals surface area contributed by atoms with E-state index in [2.05, 4.69) is 4.85 Å². The Balaban J connectivity index is 3.27. The van der Waals surface area contributed by atoms with Crippen molar-refractivity contribution >= 4 is 0 Å². The molecule has 14 heavy (non-hydrogen) atoms. The van der Waals surface area contributed by atoms with Gasteiger partial charge < -0.3 is 4.90 Å². The zero-order valence-corrected chi connectivity index (χ0v) is 8.50. The molecule has 0 fully saturated rings. The predicted molar refractivity (Wildman–Crippen MR) is 54.5 cm³/mol. The van der Waals surface area contributed by atoms with Crippen LogP contribution in [0.2, 0.25) is 0 Å². The third-order valence-corrected chi connectivity index (χ3v) is 2.28. The number of nitriles is 1. The van der Waals surface area contributed by atoms with E-state index in [9.17, 15) is 0 Å². The maximum absolute atomic E-state index is 8.72. The molecule has 1 aliphatic rings. The Labute approximate surface area is 84.1 Å². The standard InChI is InChI=1S/C11H11N3/c1-8-5-10(11(7-12)13-3)6-9(2)14(8)4/h5-6H,1-2,4H3. The Hall–Kier alpha value is -2.00. The molecule has 3 nitrogen and oxygen atoms in total. The van der Waals surface area contributed by atoms with Crippen LogP contribution in [-0.4, -0.2) is 11.9 Å². The minimum Gasteiger partial charge on any atom is -0.352 e. The molecule has 0 atom stereocenters. The lowest BCUT2D eigenvalue weighted by atomic mass is 10.1. The monoisotopic (exact) mass is 185 g/mol. The molecule has 70 valence electrons. The van der Waals surface area contributed by atoms with Crippen molar-refractivity contribution < 1.29 is 0 Å². The fourth-order valence-electron chi connectivity index (χ4n) is 1.25. The van der Waals surface area contributed by atoms with E-state index in [1.165, 1.54) is 0 Å². The van der Waals surface area contributed by atoms with Gasteiger partial charge in [0, 0.05) is 18.4 Å². The zero-order valence-electron chi connectivity index (χ0n) is 8.50. The van der Waals surface area contributed by atoms with Gasteiger partial charge in [0.15, 0.2) is 0 Å². The zero-order chi connectivity index (χ0) is 10.7. The molecule has 0 radical (unpaired) electrons. The Bertz CT molecular complexity index is 386. The minimum atomic E-state index is 0.150. The summed E-state index contributed by atoms with van der Waals surface area (Å²) in [4.78, 5) is 5.20. The van der Waals surface area contributed by atoms with Gasteiger partial charge in [0.1, 0.15) is 0 Å². The van der Waals surface area contributed by atoms with Gasteiger partial charge in [-0.1, -0.05) is 0 Å². The number of hydrogen-bond acceptors (Lipinski definition) is 2. The first-order chi connectivity index (χ1) is 6.60. The van der Waals surface area contributed by atoms with Gasteiger partial charge >= 0.3 is 0 Å². The van der Waals surface area contributed by atoms with Crippen molar-refractivity contribution in [3.63, 3.8) is 0 Å². The van der Waals surface area contributed by atoms with Crippen LogP contribution in [0.5, 0.6) is 0 Å². The van der Waals surface area contributed by atoms with Crippen LogP contribution < -0.4 is 0 Å². The first kappa shape index (κ1) is 10.1. The Morgan fingerprint density at radius 1 is 1.43 bits per heavy atom. The molecule has 0 unspecified atom stereocenters. The molecule has 0 aromatic carbocycles. The molecular weight excluding hydrogens is 174 g/mol. The average molecular weight is 185 g/mol. The fourth-order valence-corrected chi connectivity index (χ4v) is 1.25. The lowest BCUT2D eigenvalue weighted by Crippen LogP contribution is -2.16. The van der Waals surface area contributed by atoms with Gasteiger partial charge in [-0.05, 0) is 31.6 Å². The van der Waals surface area contributed by atoms with Crippen molar-refractivity contribution in [3.05, 3.63) is 46.2 Å². The Morgan fingerprint density at radius 2 is 1.93 bits per heavy atom. The van der Waals surface area contributed by atoms with Crippen LogP contribution in [0, 0.1) is 17.9 Å². The van der Waals surface area contributed by atoms with E-state index < -0.39 is 0 Å². The van der Waals surface area contributed by atoms with Crippen LogP contribution in [0.4, 0.5) is 0 Å². The third kappa shape index (κ3) is 1.67. The molecule has 0 bridgehead atoms. The molecule has 1 aliphatic heterocycles. The minimum absolute atomic E-state index is 0.150. The smallest absolute Gasteiger partial charge is 0.269 e. The van der Waals surface area contributed by atoms with Gasteiger partial charge in [-0.25, -0.2) is 10.1 Å². The summed E-state index contributed by atoms with van der Waals surface area (Å²) in [5, 5.41) is 8.72. The van der Waals surface area contributed by atoms with E-state index >= 15 is 0 Å². The maximum Gasteiger partial charge on any atom is 0.269 e. The summed E-state index contributed by atoms with van der Waals surface area (Å²) >= 11 is 0. The molecule has 0 aromatic rings. The second-order valence-electron chi connectivity index (χ2n) is 3.16. The lowest BCUT2D eigenvalue weighted by Gasteiger charge is -2.25. The summed E-state index contributed by atoms with van der Waals surface area (Å²) in [6.45, 7) is 10.8. The molecule has 0 aromatic heterocycles. The number of hydrogen-bond donors (Lipinski definition) is 0. The number of rotatable bonds is 0. The topological polar surface area (TPSA) is 31.4 Å². The van der Waals surface area contributed by atoms with Crippen molar-refractivity contribution in [1.29, 1.82) is 5.26 Å². The number of nitrogens with zero attached hydrogens (tertiary/aromatic N) is 3. The van der Waals surface area contributed by atoms with Crippen LogP contribution in [0.25, 0.3) is 4.85 Å². The summed E-state index contributed by atoms with van der Waals surface area (Å²) in [7, 11) is 1.96. The highest BCUT2D eigenvalue weighted by Gasteiger charge is 2.11. The van der Waals surface area contributed by atoms with Gasteiger partial charge in [0.05, 0.1) is 12.6 Å². The van der Waals surface area contributed by atoms with E-state index in [1.807, 2.05) is 44.0 Å². The van der Waals surface area contributed by atoms with Crippen LogP contribution in [0.3, 0.4) is 0 Å². The second-order valence-corrected chi connectivity index (χ2v) is 3.16. The quantitative estimate of drug-likeness (QED) is 0.428. The van der Waals surface area contributed by atoms with Crippen molar-refractivity contribution in [2.45, 2.75) is 13.8 Å². The normalized spacial score (nSPS) is 15.2. The van der Waals surface area contributed by atoms with Gasteiger partial charge in [-0.15, -0.1) is 0 Å². The largest absolute Gasteiger partial charge is 0.352 e. The third-order valence-electron chi connectivity index (χ3n) is 2.28. The van der Waals surface area contributed by atoms with Gasteiger partial charge in [0.25, 0.3) is 5.70 Å². The maximum atomic E-state index is 8.72. The highest BCUT2D eigenvalue weighted by molar-refractivity contribution is 5.49. The van der Waals surface area contributed by atoms with E-state index in [4.69, 9.17) is 11.8 Å². The van der Waals surface area contributed by atoms with E-state index in [0.29, 0.717) is 5.57 Å². The molecule has 1 rings (SSSR count). The van der Waals surface area contributed by atoms with Crippen LogP contribution >= 0.6 is 0 Å². The van der Waals surface area contributed by atoms with Crippen molar-refractivity contribution in [2.75, 3.05) is 7.05 Å². The lowest BCUT2D eigenvalue weighted by molar-refractivity contribution is 0.515. The van der Waals surface area contributed by atoms with Gasteiger partial charge in [-0.2, -0.15) is 0 Å². The van der Waals surface area contributed by atoms with Crippen LogP contribution in [-0.2, 0) is 0 Å². The molecule has 0 saturated heterocycles. The summed E-state index contributed by atoms with van der Waals surface area (Å²) in [6, 6.07) is 1.90. The Kier molecular flexibility index (Phi) is 2.74. The summed E-state index contributed by atoms with van der Waals surface area (Å²) in [6.07, 6.45) is 3.70. The summed E-state index contributed by atoms with van der Waals surface area (Å²) < 4.78 is 0. The molecule has 0 saturated carbocycles. The van der Waals surface area contributed by atoms with Crippen LogP contribution in [0.15, 0.2) is 34.8 Å². The fraction of sp³-hybridized carbons (Fsp3) is 0.273. The highest BCUT2D eigenvalue weighted by Crippen LogP contribution is 2.22. The van der Waals surface area contributed by atoms with Crippen molar-refractivity contribution in [3.8, 4) is 6.07 Å². The van der Waals surface area contributed by atoms with Gasteiger partial charge in [0.2, 0.25) is 0 Å². The molecule has 0 aliphatic carbocycles. The summed E-state index contributed by atoms with van der Waals surface area (Å²) in [5.74, 6) is 0. The average Bonchev–Trinajstić information content (AvgIpc) is 2.16. The molecule has 0 spiro atoms. The van der Waals surface area contributed by atoms with E-state index in [1.54, 1.807) is 0 Å². The van der Waals surface area contributed by atoms with Crippen molar-refractivity contribution in [1.82, 2.24) is 4.90 Å². The van der Waals surface area contributed by atoms with E-state index in [-0.39, 0.29) is 5.70 Å². The molecule has 3 heteroatoms. The SMILES string of the molecule is [C-]#[N+]C(C#N)=C1C=C(C)N(C)C(C)=C1. The van der Waals surface area contributed by atoms with Crippen LogP contribution in [0.1, 0.15) is 13.8 Å². The predicted octanol–water partition coefficient (Wildman–Crippen LogP) is 2.44. The first-order valence-corrected chi connectivity index (χ1v) is 4.22. The Morgan fingerprint density at radius 3 is 2.29 bits per heavy atom. The van der Waals surface area contributed by atoms with Gasteiger partial charge in [-0.3, -0.25) is 0 Å². The molecular formula is C11H11N3. The number of allylic oxidation sites excluding steroid dienone is 6. The molecule has 1 heterocycles. The highest BCUT2D eigenvalue weighted by atomic mass is 15.1. The van der Waals surface area contributed by atoms with Crippen molar-refractivity contribution in [2.24, 2.45) is 0 Å². The molecule has 0 amide bonds. The second kappa shape index (κ2) is 3.81. The summed E-state index contributed by atoms with van der Waals surface area (Å²) in [5.41, 5.74) is 2.93. The first-order valence-electron chi connectivity index (χ1n) is 4.22.